The number of esters is 1. The number of nitrogens with one attached hydrogen (secondary N) is 1. The van der Waals surface area contributed by atoms with Crippen molar-refractivity contribution in [2.24, 2.45) is 7.05 Å². The normalized spacial score (nSPS) is 14.5. The number of carbonyl (C=O) groups is 1. The van der Waals surface area contributed by atoms with Crippen LogP contribution in [0.25, 0.3) is 0 Å². The van der Waals surface area contributed by atoms with Crippen LogP contribution in [-0.4, -0.2) is 45.1 Å². The van der Waals surface area contributed by atoms with Gasteiger partial charge in [0, 0.05) is 13.6 Å². The molecule has 0 amide bonds. The quantitative estimate of drug-likeness (QED) is 0.617. The maximum Gasteiger partial charge on any atom is 0.338 e. The molecule has 1 heterocycles. The summed E-state index contributed by atoms with van der Waals surface area (Å²) in [7, 11) is 3.00. The van der Waals surface area contributed by atoms with Gasteiger partial charge in [0.15, 0.2) is 11.4 Å². The van der Waals surface area contributed by atoms with Crippen molar-refractivity contribution in [1.82, 2.24) is 20.1 Å². The monoisotopic (exact) mass is 228 g/mol. The summed E-state index contributed by atoms with van der Waals surface area (Å²) in [5.41, 5.74) is -1.54. The summed E-state index contributed by atoms with van der Waals surface area (Å²) in [6.45, 7) is 1.85. The summed E-state index contributed by atoms with van der Waals surface area (Å²) in [6.07, 6.45) is 1.58. The molecule has 0 aliphatic rings. The number of hydrogen-bond acceptors (Lipinski definition) is 6. The van der Waals surface area contributed by atoms with E-state index in [4.69, 9.17) is 0 Å². The average molecular weight is 228 g/mol. The molecule has 7 heteroatoms. The average Bonchev–Trinajstić information content (AvgIpc) is 2.62. The van der Waals surface area contributed by atoms with Crippen LogP contribution in [0.2, 0.25) is 0 Å². The van der Waals surface area contributed by atoms with Gasteiger partial charge in [0.2, 0.25) is 0 Å². The minimum atomic E-state index is -1.54. The van der Waals surface area contributed by atoms with Gasteiger partial charge in [0.05, 0.1) is 13.7 Å². The van der Waals surface area contributed by atoms with Crippen LogP contribution in [-0.2, 0) is 23.1 Å². The lowest BCUT2D eigenvalue weighted by Crippen LogP contribution is -2.45. The van der Waals surface area contributed by atoms with Gasteiger partial charge in [-0.3, -0.25) is 4.68 Å². The number of aryl methyl sites for hydroxylation is 1. The fourth-order valence-electron chi connectivity index (χ4n) is 1.17. The van der Waals surface area contributed by atoms with Crippen LogP contribution in [0.1, 0.15) is 12.7 Å². The van der Waals surface area contributed by atoms with Gasteiger partial charge in [-0.2, -0.15) is 5.10 Å². The smallest absolute Gasteiger partial charge is 0.338 e. The van der Waals surface area contributed by atoms with Crippen molar-refractivity contribution in [2.45, 2.75) is 19.1 Å². The summed E-state index contributed by atoms with van der Waals surface area (Å²) >= 11 is 0. The third kappa shape index (κ3) is 3.28. The zero-order valence-corrected chi connectivity index (χ0v) is 9.60. The predicted octanol–water partition coefficient (Wildman–Crippen LogP) is -1.17. The lowest BCUT2D eigenvalue weighted by atomic mass is 10.1. The summed E-state index contributed by atoms with van der Waals surface area (Å²) in [4.78, 5) is 15.1. The van der Waals surface area contributed by atoms with Crippen molar-refractivity contribution >= 4 is 5.97 Å². The third-order valence-electron chi connectivity index (χ3n) is 2.02. The molecule has 0 radical (unpaired) electrons. The van der Waals surface area contributed by atoms with E-state index in [9.17, 15) is 9.90 Å². The van der Waals surface area contributed by atoms with Gasteiger partial charge in [-0.1, -0.05) is 0 Å². The number of hydrogen-bond donors (Lipinski definition) is 2. The SMILES string of the molecule is COC(=O)C(C)(O)CNCc1ncn(C)n1. The Morgan fingerprint density at radius 1 is 1.75 bits per heavy atom. The first-order valence-corrected chi connectivity index (χ1v) is 4.82. The summed E-state index contributed by atoms with van der Waals surface area (Å²) in [6, 6.07) is 0. The van der Waals surface area contributed by atoms with Gasteiger partial charge in [-0.25, -0.2) is 9.78 Å². The molecule has 1 aromatic heterocycles. The summed E-state index contributed by atoms with van der Waals surface area (Å²) < 4.78 is 6.04. The molecule has 0 aliphatic carbocycles. The van der Waals surface area contributed by atoms with Gasteiger partial charge in [0.25, 0.3) is 0 Å². The van der Waals surface area contributed by atoms with Gasteiger partial charge < -0.3 is 15.2 Å². The van der Waals surface area contributed by atoms with Gasteiger partial charge in [0.1, 0.15) is 6.33 Å². The standard InChI is InChI=1S/C9H16N4O3/c1-9(15,8(14)16-3)5-10-4-7-11-6-13(2)12-7/h6,10,15H,4-5H2,1-3H3. The van der Waals surface area contributed by atoms with E-state index in [1.165, 1.54) is 14.0 Å². The summed E-state index contributed by atoms with van der Waals surface area (Å²) in [5.74, 6) is -0.0721. The maximum absolute atomic E-state index is 11.1. The molecule has 0 bridgehead atoms. The first kappa shape index (κ1) is 12.6. The Hall–Kier alpha value is -1.47. The predicted molar refractivity (Wildman–Crippen MR) is 55.3 cm³/mol. The van der Waals surface area contributed by atoms with Crippen LogP contribution in [0.4, 0.5) is 0 Å². The number of aromatic nitrogens is 3. The Bertz CT molecular complexity index is 361. The van der Waals surface area contributed by atoms with Crippen molar-refractivity contribution < 1.29 is 14.6 Å². The second-order valence-corrected chi connectivity index (χ2v) is 3.70. The fraction of sp³-hybridized carbons (Fsp3) is 0.667. The molecular formula is C9H16N4O3. The van der Waals surface area contributed by atoms with Crippen LogP contribution in [0.5, 0.6) is 0 Å². The highest BCUT2D eigenvalue weighted by molar-refractivity contribution is 5.78. The Kier molecular flexibility index (Phi) is 3.97. The third-order valence-corrected chi connectivity index (χ3v) is 2.02. The lowest BCUT2D eigenvalue weighted by molar-refractivity contribution is -0.159. The number of methoxy groups -OCH3 is 1. The first-order valence-electron chi connectivity index (χ1n) is 4.82. The van der Waals surface area contributed by atoms with Gasteiger partial charge >= 0.3 is 5.97 Å². The van der Waals surface area contributed by atoms with E-state index in [1.807, 2.05) is 0 Å². The van der Waals surface area contributed by atoms with E-state index in [2.05, 4.69) is 20.1 Å². The lowest BCUT2D eigenvalue weighted by Gasteiger charge is -2.19. The molecule has 0 spiro atoms. The molecule has 7 nitrogen and oxygen atoms in total. The van der Waals surface area contributed by atoms with Crippen LogP contribution in [0.3, 0.4) is 0 Å². The molecule has 0 aromatic carbocycles. The van der Waals surface area contributed by atoms with Crippen LogP contribution < -0.4 is 5.32 Å². The number of rotatable bonds is 5. The molecule has 2 N–H and O–H groups in total. The van der Waals surface area contributed by atoms with Crippen molar-refractivity contribution in [3.63, 3.8) is 0 Å². The van der Waals surface area contributed by atoms with E-state index >= 15 is 0 Å². The van der Waals surface area contributed by atoms with Gasteiger partial charge in [-0.15, -0.1) is 0 Å². The number of aliphatic hydroxyl groups is 1. The molecule has 0 aliphatic heterocycles. The van der Waals surface area contributed by atoms with Crippen molar-refractivity contribution in [3.8, 4) is 0 Å². The van der Waals surface area contributed by atoms with Crippen LogP contribution >= 0.6 is 0 Å². The van der Waals surface area contributed by atoms with E-state index in [0.29, 0.717) is 12.4 Å². The molecule has 1 atom stereocenters. The molecule has 90 valence electrons. The molecular weight excluding hydrogens is 212 g/mol. The highest BCUT2D eigenvalue weighted by atomic mass is 16.5. The van der Waals surface area contributed by atoms with E-state index in [0.717, 1.165) is 0 Å². The Morgan fingerprint density at radius 2 is 2.44 bits per heavy atom. The van der Waals surface area contributed by atoms with Crippen molar-refractivity contribution in [2.75, 3.05) is 13.7 Å². The van der Waals surface area contributed by atoms with Crippen molar-refractivity contribution in [1.29, 1.82) is 0 Å². The molecule has 16 heavy (non-hydrogen) atoms. The Morgan fingerprint density at radius 3 is 2.94 bits per heavy atom. The van der Waals surface area contributed by atoms with E-state index < -0.39 is 11.6 Å². The molecule has 1 aromatic rings. The highest BCUT2D eigenvalue weighted by Crippen LogP contribution is 2.03. The van der Waals surface area contributed by atoms with Crippen LogP contribution in [0.15, 0.2) is 6.33 Å². The Labute approximate surface area is 93.4 Å². The summed E-state index contributed by atoms with van der Waals surface area (Å²) in [5, 5.41) is 16.6. The van der Waals surface area contributed by atoms with E-state index in [1.54, 1.807) is 18.1 Å². The molecule has 0 saturated carbocycles. The molecule has 1 unspecified atom stereocenters. The van der Waals surface area contributed by atoms with E-state index in [-0.39, 0.29) is 6.54 Å². The topological polar surface area (TPSA) is 89.3 Å². The molecule has 0 fully saturated rings. The minimum absolute atomic E-state index is 0.0813. The second kappa shape index (κ2) is 5.04. The van der Waals surface area contributed by atoms with Crippen LogP contribution in [0, 0.1) is 0 Å². The molecule has 1 rings (SSSR count). The number of ether oxygens (including phenoxy) is 1. The highest BCUT2D eigenvalue weighted by Gasteiger charge is 2.30. The van der Waals surface area contributed by atoms with Gasteiger partial charge in [-0.05, 0) is 6.92 Å². The zero-order chi connectivity index (χ0) is 12.2. The second-order valence-electron chi connectivity index (χ2n) is 3.70. The first-order chi connectivity index (χ1) is 7.45. The number of carbonyl (C=O) groups excluding carboxylic acids is 1. The molecule has 0 saturated heterocycles. The van der Waals surface area contributed by atoms with Crippen molar-refractivity contribution in [3.05, 3.63) is 12.2 Å². The number of nitrogens with zero attached hydrogens (tertiary/aromatic N) is 3. The maximum atomic E-state index is 11.1. The Balaban J connectivity index is 2.38. The largest absolute Gasteiger partial charge is 0.467 e. The fourth-order valence-corrected chi connectivity index (χ4v) is 1.17. The zero-order valence-electron chi connectivity index (χ0n) is 9.60. The minimum Gasteiger partial charge on any atom is -0.467 e.